The summed E-state index contributed by atoms with van der Waals surface area (Å²) in [4.78, 5) is 23.4. The Bertz CT molecular complexity index is 553. The summed E-state index contributed by atoms with van der Waals surface area (Å²) in [6.45, 7) is 0.399. The highest BCUT2D eigenvalue weighted by atomic mass is 19.1. The second kappa shape index (κ2) is 6.07. The number of benzene rings is 1. The van der Waals surface area contributed by atoms with Gasteiger partial charge in [0.1, 0.15) is 11.6 Å². The van der Waals surface area contributed by atoms with E-state index < -0.39 is 29.6 Å². The largest absolute Gasteiger partial charge is 0.465 e. The highest BCUT2D eigenvalue weighted by Gasteiger charge is 2.29. The summed E-state index contributed by atoms with van der Waals surface area (Å²) in [5.74, 6) is -3.09. The molecule has 21 heavy (non-hydrogen) atoms. The molecule has 1 saturated heterocycles. The molecular weight excluding hydrogens is 284 g/mol. The summed E-state index contributed by atoms with van der Waals surface area (Å²) in [6, 6.07) is 1.84. The van der Waals surface area contributed by atoms with Gasteiger partial charge in [0, 0.05) is 24.6 Å². The summed E-state index contributed by atoms with van der Waals surface area (Å²) < 4.78 is 32.6. The molecule has 0 aromatic heterocycles. The van der Waals surface area contributed by atoms with Gasteiger partial charge in [-0.25, -0.2) is 18.4 Å². The molecule has 7 heteroatoms. The topological polar surface area (TPSA) is 66.8 Å². The first kappa shape index (κ1) is 15.2. The van der Waals surface area contributed by atoms with Crippen molar-refractivity contribution in [2.24, 2.45) is 0 Å². The lowest BCUT2D eigenvalue weighted by molar-refractivity contribution is 0.0599. The molecule has 1 unspecified atom stereocenters. The van der Waals surface area contributed by atoms with Gasteiger partial charge >= 0.3 is 12.1 Å². The smallest absolute Gasteiger partial charge is 0.407 e. The van der Waals surface area contributed by atoms with E-state index in [9.17, 15) is 18.4 Å². The lowest BCUT2D eigenvalue weighted by Gasteiger charge is -2.31. The lowest BCUT2D eigenvalue weighted by atomic mass is 9.89. The van der Waals surface area contributed by atoms with Crippen molar-refractivity contribution in [3.8, 4) is 0 Å². The second-order valence-electron chi connectivity index (χ2n) is 4.91. The first-order chi connectivity index (χ1) is 9.93. The van der Waals surface area contributed by atoms with Crippen LogP contribution >= 0.6 is 0 Å². The minimum absolute atomic E-state index is 0.0424. The normalized spacial score (nSPS) is 18.4. The fraction of sp³-hybridized carbons (Fsp3) is 0.429. The Balaban J connectivity index is 2.31. The van der Waals surface area contributed by atoms with Crippen LogP contribution in [0.2, 0.25) is 0 Å². The molecule has 1 N–H and O–H groups in total. The van der Waals surface area contributed by atoms with Gasteiger partial charge in [-0.3, -0.25) is 0 Å². The fourth-order valence-electron chi connectivity index (χ4n) is 2.60. The molecule has 1 aliphatic rings. The molecule has 0 bridgehead atoms. The average molecular weight is 299 g/mol. The summed E-state index contributed by atoms with van der Waals surface area (Å²) >= 11 is 0. The van der Waals surface area contributed by atoms with E-state index in [1.54, 1.807) is 0 Å². The molecule has 1 amide bonds. The Labute approximate surface area is 120 Å². The summed E-state index contributed by atoms with van der Waals surface area (Å²) in [6.07, 6.45) is -0.0734. The monoisotopic (exact) mass is 299 g/mol. The zero-order valence-corrected chi connectivity index (χ0v) is 11.4. The van der Waals surface area contributed by atoms with Gasteiger partial charge in [-0.15, -0.1) is 0 Å². The van der Waals surface area contributed by atoms with E-state index in [1.165, 1.54) is 0 Å². The van der Waals surface area contributed by atoms with Crippen LogP contribution in [0.3, 0.4) is 0 Å². The molecule has 1 atom stereocenters. The molecule has 5 nitrogen and oxygen atoms in total. The van der Waals surface area contributed by atoms with Crippen LogP contribution in [-0.4, -0.2) is 42.3 Å². The number of likely N-dealkylation sites (tertiary alicyclic amines) is 1. The second-order valence-corrected chi connectivity index (χ2v) is 4.91. The molecule has 0 saturated carbocycles. The predicted octanol–water partition coefficient (Wildman–Crippen LogP) is 2.61. The van der Waals surface area contributed by atoms with Crippen molar-refractivity contribution in [2.45, 2.75) is 18.8 Å². The van der Waals surface area contributed by atoms with E-state index >= 15 is 0 Å². The quantitative estimate of drug-likeness (QED) is 0.852. The molecule has 1 aromatic carbocycles. The van der Waals surface area contributed by atoms with E-state index in [-0.39, 0.29) is 17.7 Å². The van der Waals surface area contributed by atoms with Gasteiger partial charge in [0.25, 0.3) is 0 Å². The molecule has 0 radical (unpaired) electrons. The Morgan fingerprint density at radius 2 is 1.95 bits per heavy atom. The third kappa shape index (κ3) is 3.12. The first-order valence-corrected chi connectivity index (χ1v) is 6.49. The van der Waals surface area contributed by atoms with Gasteiger partial charge in [-0.2, -0.15) is 0 Å². The van der Waals surface area contributed by atoms with Crippen molar-refractivity contribution in [1.29, 1.82) is 0 Å². The number of rotatable bonds is 2. The van der Waals surface area contributed by atoms with Crippen molar-refractivity contribution in [2.75, 3.05) is 20.2 Å². The molecule has 1 heterocycles. The maximum Gasteiger partial charge on any atom is 0.407 e. The lowest BCUT2D eigenvalue weighted by Crippen LogP contribution is -2.38. The minimum Gasteiger partial charge on any atom is -0.465 e. The van der Waals surface area contributed by atoms with Crippen molar-refractivity contribution in [3.63, 3.8) is 0 Å². The van der Waals surface area contributed by atoms with Crippen molar-refractivity contribution in [1.82, 2.24) is 4.90 Å². The summed E-state index contributed by atoms with van der Waals surface area (Å²) in [7, 11) is 1.12. The van der Waals surface area contributed by atoms with E-state index in [0.29, 0.717) is 19.4 Å². The summed E-state index contributed by atoms with van der Waals surface area (Å²) in [5.41, 5.74) is -0.379. The van der Waals surface area contributed by atoms with Crippen LogP contribution in [0.15, 0.2) is 12.1 Å². The van der Waals surface area contributed by atoms with Gasteiger partial charge in [-0.05, 0) is 25.0 Å². The van der Waals surface area contributed by atoms with E-state index in [1.807, 2.05) is 0 Å². The van der Waals surface area contributed by atoms with Gasteiger partial charge in [0.05, 0.1) is 12.7 Å². The standard InChI is InChI=1S/C14H15F2NO4/c1-21-13(18)9-5-10(15)12(11(16)6-9)8-3-2-4-17(7-8)14(19)20/h5-6,8H,2-4,7H2,1H3,(H,19,20). The number of hydrogen-bond donors (Lipinski definition) is 1. The minimum atomic E-state index is -1.10. The molecule has 0 aliphatic carbocycles. The Hall–Kier alpha value is -2.18. The zero-order chi connectivity index (χ0) is 15.6. The number of ether oxygens (including phenoxy) is 1. The highest BCUT2D eigenvalue weighted by molar-refractivity contribution is 5.89. The molecule has 114 valence electrons. The van der Waals surface area contributed by atoms with Crippen LogP contribution in [0.1, 0.15) is 34.7 Å². The number of hydrogen-bond acceptors (Lipinski definition) is 3. The average Bonchev–Trinajstić information content (AvgIpc) is 2.45. The molecule has 1 aliphatic heterocycles. The SMILES string of the molecule is COC(=O)c1cc(F)c(C2CCCN(C(=O)O)C2)c(F)c1. The van der Waals surface area contributed by atoms with Crippen LogP contribution in [-0.2, 0) is 4.74 Å². The van der Waals surface area contributed by atoms with Crippen molar-refractivity contribution < 1.29 is 28.2 Å². The van der Waals surface area contributed by atoms with Gasteiger partial charge in [0.2, 0.25) is 0 Å². The first-order valence-electron chi connectivity index (χ1n) is 6.49. The molecular formula is C14H15F2NO4. The van der Waals surface area contributed by atoms with Crippen molar-refractivity contribution in [3.05, 3.63) is 34.9 Å². The maximum absolute atomic E-state index is 14.1. The summed E-state index contributed by atoms with van der Waals surface area (Å²) in [5, 5.41) is 8.97. The number of methoxy groups -OCH3 is 1. The predicted molar refractivity (Wildman–Crippen MR) is 69.3 cm³/mol. The molecule has 1 aromatic rings. The van der Waals surface area contributed by atoms with Crippen LogP contribution in [0.5, 0.6) is 0 Å². The number of carbonyl (C=O) groups is 2. The van der Waals surface area contributed by atoms with Gasteiger partial charge in [-0.1, -0.05) is 0 Å². The van der Waals surface area contributed by atoms with Crippen LogP contribution in [0.25, 0.3) is 0 Å². The fourth-order valence-corrected chi connectivity index (χ4v) is 2.60. The number of piperidine rings is 1. The zero-order valence-electron chi connectivity index (χ0n) is 11.4. The van der Waals surface area contributed by atoms with Crippen molar-refractivity contribution >= 4 is 12.1 Å². The Morgan fingerprint density at radius 3 is 2.48 bits per heavy atom. The van der Waals surface area contributed by atoms with Crippen LogP contribution in [0, 0.1) is 11.6 Å². The van der Waals surface area contributed by atoms with Crippen LogP contribution in [0.4, 0.5) is 13.6 Å². The van der Waals surface area contributed by atoms with E-state index in [0.717, 1.165) is 24.1 Å². The van der Waals surface area contributed by atoms with E-state index in [2.05, 4.69) is 4.74 Å². The van der Waals surface area contributed by atoms with Gasteiger partial charge < -0.3 is 14.7 Å². The maximum atomic E-state index is 14.1. The third-order valence-corrected chi connectivity index (χ3v) is 3.60. The molecule has 2 rings (SSSR count). The number of carboxylic acid groups (broad SMARTS) is 1. The van der Waals surface area contributed by atoms with Gasteiger partial charge in [0.15, 0.2) is 0 Å². The van der Waals surface area contributed by atoms with E-state index in [4.69, 9.17) is 5.11 Å². The number of carbonyl (C=O) groups excluding carboxylic acids is 1. The molecule has 1 fully saturated rings. The molecule has 0 spiro atoms. The van der Waals surface area contributed by atoms with Crippen LogP contribution < -0.4 is 0 Å². The number of nitrogens with zero attached hydrogens (tertiary/aromatic N) is 1. The number of halogens is 2. The Morgan fingerprint density at radius 1 is 1.33 bits per heavy atom. The Kier molecular flexibility index (Phi) is 4.40. The third-order valence-electron chi connectivity index (χ3n) is 3.60. The number of esters is 1. The highest BCUT2D eigenvalue weighted by Crippen LogP contribution is 2.31. The number of amides is 1.